The maximum Gasteiger partial charge on any atom is 0.183 e. The molecule has 29 heavy (non-hydrogen) atoms. The highest BCUT2D eigenvalue weighted by Crippen LogP contribution is 2.38. The average molecular weight is 400 g/mol. The minimum Gasteiger partial charge on any atom is -0.383 e. The van der Waals surface area contributed by atoms with E-state index in [2.05, 4.69) is 10.5 Å². The molecule has 0 saturated carbocycles. The van der Waals surface area contributed by atoms with Crippen LogP contribution in [0.3, 0.4) is 0 Å². The topological polar surface area (TPSA) is 60.7 Å². The molecule has 2 heterocycles. The first kappa shape index (κ1) is 19.2. The molecule has 2 aromatic carbocycles. The summed E-state index contributed by atoms with van der Waals surface area (Å²) in [7, 11) is 3.39. The normalized spacial score (nSPS) is 17.8. The number of nitrogens with two attached hydrogens (primary N) is 1. The van der Waals surface area contributed by atoms with Gasteiger partial charge in [-0.15, -0.1) is 5.12 Å². The number of hydrazine groups is 3. The number of pyridine rings is 1. The van der Waals surface area contributed by atoms with Crippen molar-refractivity contribution < 1.29 is 13.2 Å². The highest BCUT2D eigenvalue weighted by atomic mass is 19.2. The van der Waals surface area contributed by atoms with Crippen LogP contribution >= 0.6 is 0 Å². The van der Waals surface area contributed by atoms with Crippen molar-refractivity contribution in [2.45, 2.75) is 6.17 Å². The van der Waals surface area contributed by atoms with Gasteiger partial charge in [-0.1, -0.05) is 24.3 Å². The number of halogens is 3. The lowest BCUT2D eigenvalue weighted by Crippen LogP contribution is -2.40. The summed E-state index contributed by atoms with van der Waals surface area (Å²) in [6.07, 6.45) is 0.826. The second-order valence-corrected chi connectivity index (χ2v) is 6.70. The molecule has 1 aliphatic rings. The summed E-state index contributed by atoms with van der Waals surface area (Å²) in [6, 6.07) is 12.0. The van der Waals surface area contributed by atoms with Crippen molar-refractivity contribution in [1.82, 2.24) is 20.6 Å². The standard InChI is InChI=1S/C20H19F3N6/c1-27-20(29(28(2)26-27)17-9-5-8-16(22)18(17)23)14-10-12(11-25-19(14)24)13-6-3-4-7-15(13)21/h3-11,20,26H,1-2H3,(H2,24,25). The van der Waals surface area contributed by atoms with Crippen molar-refractivity contribution in [3.8, 4) is 11.1 Å². The van der Waals surface area contributed by atoms with E-state index < -0.39 is 23.6 Å². The van der Waals surface area contributed by atoms with Crippen molar-refractivity contribution in [3.05, 3.63) is 77.7 Å². The molecule has 0 spiro atoms. The van der Waals surface area contributed by atoms with E-state index in [4.69, 9.17) is 5.73 Å². The first-order chi connectivity index (χ1) is 13.9. The molecule has 0 aliphatic carbocycles. The molecule has 4 rings (SSSR count). The Bertz CT molecular complexity index is 1060. The molecule has 1 unspecified atom stereocenters. The van der Waals surface area contributed by atoms with Crippen LogP contribution in [0.2, 0.25) is 0 Å². The minimum atomic E-state index is -0.988. The number of aromatic nitrogens is 1. The Kier molecular flexibility index (Phi) is 4.87. The van der Waals surface area contributed by atoms with Gasteiger partial charge in [-0.2, -0.15) is 5.53 Å². The molecule has 3 aromatic rings. The molecule has 3 N–H and O–H groups in total. The predicted molar refractivity (Wildman–Crippen MR) is 104 cm³/mol. The van der Waals surface area contributed by atoms with Gasteiger partial charge in [-0.05, 0) is 24.3 Å². The van der Waals surface area contributed by atoms with Crippen LogP contribution < -0.4 is 16.3 Å². The van der Waals surface area contributed by atoms with Crippen molar-refractivity contribution in [2.24, 2.45) is 0 Å². The molecular formula is C20H19F3N6. The van der Waals surface area contributed by atoms with Gasteiger partial charge in [-0.25, -0.2) is 23.2 Å². The maximum atomic E-state index is 14.6. The second-order valence-electron chi connectivity index (χ2n) is 6.70. The van der Waals surface area contributed by atoms with Crippen molar-refractivity contribution in [2.75, 3.05) is 24.8 Å². The molecule has 0 amide bonds. The number of rotatable bonds is 3. The van der Waals surface area contributed by atoms with Crippen molar-refractivity contribution >= 4 is 11.5 Å². The smallest absolute Gasteiger partial charge is 0.183 e. The Hall–Kier alpha value is -3.14. The minimum absolute atomic E-state index is 0.0186. The maximum absolute atomic E-state index is 14.6. The summed E-state index contributed by atoms with van der Waals surface area (Å²) in [6.45, 7) is 0. The van der Waals surface area contributed by atoms with Crippen LogP contribution in [0, 0.1) is 17.5 Å². The fraction of sp³-hybridized carbons (Fsp3) is 0.150. The lowest BCUT2D eigenvalue weighted by molar-refractivity contribution is 0.152. The molecule has 1 aromatic heterocycles. The summed E-state index contributed by atoms with van der Waals surface area (Å²) in [4.78, 5) is 4.21. The SMILES string of the molecule is CN1NN(C)N(c2cccc(F)c2F)C1c1cc(-c2ccccc2F)cnc1N. The zero-order valence-electron chi connectivity index (χ0n) is 15.8. The quantitative estimate of drug-likeness (QED) is 0.702. The first-order valence-electron chi connectivity index (χ1n) is 8.85. The fourth-order valence-electron chi connectivity index (χ4n) is 3.50. The van der Waals surface area contributed by atoms with E-state index in [1.807, 2.05) is 0 Å². The van der Waals surface area contributed by atoms with Crippen molar-refractivity contribution in [1.29, 1.82) is 0 Å². The van der Waals surface area contributed by atoms with Crippen LogP contribution in [-0.4, -0.2) is 29.2 Å². The second kappa shape index (κ2) is 7.36. The third-order valence-corrected chi connectivity index (χ3v) is 4.81. The van der Waals surface area contributed by atoms with Crippen LogP contribution in [0.5, 0.6) is 0 Å². The molecule has 0 radical (unpaired) electrons. The highest BCUT2D eigenvalue weighted by Gasteiger charge is 2.38. The number of anilines is 2. The first-order valence-corrected chi connectivity index (χ1v) is 8.85. The third kappa shape index (κ3) is 3.29. The monoisotopic (exact) mass is 400 g/mol. The average Bonchev–Trinajstić information content (AvgIpc) is 2.98. The molecule has 9 heteroatoms. The number of hydrogen-bond acceptors (Lipinski definition) is 6. The van der Waals surface area contributed by atoms with Gasteiger partial charge >= 0.3 is 0 Å². The van der Waals surface area contributed by atoms with Crippen LogP contribution in [0.4, 0.5) is 24.7 Å². The van der Waals surface area contributed by atoms with Gasteiger partial charge in [0.15, 0.2) is 11.6 Å². The van der Waals surface area contributed by atoms with Gasteiger partial charge in [0.25, 0.3) is 0 Å². The fourth-order valence-corrected chi connectivity index (χ4v) is 3.50. The van der Waals surface area contributed by atoms with E-state index in [-0.39, 0.29) is 11.5 Å². The Labute approximate surface area is 165 Å². The molecule has 1 saturated heterocycles. The Morgan fingerprint density at radius 3 is 2.48 bits per heavy atom. The Morgan fingerprint density at radius 2 is 1.72 bits per heavy atom. The van der Waals surface area contributed by atoms with E-state index in [1.54, 1.807) is 43.4 Å². The largest absolute Gasteiger partial charge is 0.383 e. The van der Waals surface area contributed by atoms with Crippen LogP contribution in [-0.2, 0) is 0 Å². The highest BCUT2D eigenvalue weighted by molar-refractivity contribution is 5.67. The summed E-state index contributed by atoms with van der Waals surface area (Å²) in [5.74, 6) is -2.15. The predicted octanol–water partition coefficient (Wildman–Crippen LogP) is 3.47. The number of benzene rings is 2. The van der Waals surface area contributed by atoms with Gasteiger partial charge in [-0.3, -0.25) is 5.01 Å². The molecule has 1 fully saturated rings. The van der Waals surface area contributed by atoms with E-state index >= 15 is 0 Å². The van der Waals surface area contributed by atoms with E-state index in [0.717, 1.165) is 6.07 Å². The summed E-state index contributed by atoms with van der Waals surface area (Å²) < 4.78 is 42.7. The molecular weight excluding hydrogens is 381 g/mol. The van der Waals surface area contributed by atoms with Gasteiger partial charge in [0.2, 0.25) is 0 Å². The van der Waals surface area contributed by atoms with E-state index in [1.165, 1.54) is 34.5 Å². The lowest BCUT2D eigenvalue weighted by atomic mass is 10.0. The summed E-state index contributed by atoms with van der Waals surface area (Å²) in [5, 5.41) is 4.69. The van der Waals surface area contributed by atoms with Crippen LogP contribution in [0.1, 0.15) is 11.7 Å². The van der Waals surface area contributed by atoms with Gasteiger partial charge in [0.1, 0.15) is 17.8 Å². The zero-order valence-corrected chi connectivity index (χ0v) is 15.8. The van der Waals surface area contributed by atoms with Gasteiger partial charge in [0.05, 0.1) is 5.69 Å². The number of nitrogens with zero attached hydrogens (tertiary/aromatic N) is 4. The zero-order chi connectivity index (χ0) is 20.7. The molecule has 1 atom stereocenters. The lowest BCUT2D eigenvalue weighted by Gasteiger charge is -2.31. The third-order valence-electron chi connectivity index (χ3n) is 4.81. The Balaban J connectivity index is 1.85. The van der Waals surface area contributed by atoms with Crippen LogP contribution in [0.15, 0.2) is 54.7 Å². The van der Waals surface area contributed by atoms with Crippen molar-refractivity contribution in [3.63, 3.8) is 0 Å². The molecule has 1 aliphatic heterocycles. The molecule has 6 nitrogen and oxygen atoms in total. The van der Waals surface area contributed by atoms with E-state index in [0.29, 0.717) is 16.7 Å². The summed E-state index contributed by atoms with van der Waals surface area (Å²) in [5.41, 5.74) is 10.6. The molecule has 0 bridgehead atoms. The number of nitrogens with one attached hydrogen (secondary N) is 1. The number of nitrogen functional groups attached to an aromatic ring is 1. The summed E-state index contributed by atoms with van der Waals surface area (Å²) >= 11 is 0. The Morgan fingerprint density at radius 1 is 1.00 bits per heavy atom. The van der Waals surface area contributed by atoms with Gasteiger partial charge in [0, 0.05) is 37.0 Å². The van der Waals surface area contributed by atoms with E-state index in [9.17, 15) is 13.2 Å². The number of hydrogen-bond donors (Lipinski definition) is 2. The molecule has 150 valence electrons. The van der Waals surface area contributed by atoms with Crippen LogP contribution in [0.25, 0.3) is 11.1 Å². The van der Waals surface area contributed by atoms with Gasteiger partial charge < -0.3 is 5.73 Å².